The fourth-order valence-electron chi connectivity index (χ4n) is 2.14. The van der Waals surface area contributed by atoms with Gasteiger partial charge in [-0.1, -0.05) is 12.1 Å². The van der Waals surface area contributed by atoms with Crippen LogP contribution in [-0.2, 0) is 26.2 Å². The van der Waals surface area contributed by atoms with Gasteiger partial charge in [-0.3, -0.25) is 4.39 Å². The summed E-state index contributed by atoms with van der Waals surface area (Å²) in [6, 6.07) is 29.3. The molecule has 0 bridgehead atoms. The van der Waals surface area contributed by atoms with E-state index in [0.717, 1.165) is 0 Å². The summed E-state index contributed by atoms with van der Waals surface area (Å²) >= 11 is 0. The fourth-order valence-corrected chi connectivity index (χ4v) is 2.14. The summed E-state index contributed by atoms with van der Waals surface area (Å²) in [5.74, 6) is 0. The van der Waals surface area contributed by atoms with E-state index in [1.54, 1.807) is 0 Å². The molecule has 4 rings (SSSR count). The second kappa shape index (κ2) is 9.42. The molecule has 2 heteroatoms. The van der Waals surface area contributed by atoms with Crippen molar-refractivity contribution < 1.29 is 30.6 Å². The maximum atomic E-state index is 9.50. The van der Waals surface area contributed by atoms with Crippen molar-refractivity contribution in [1.82, 2.24) is 0 Å². The second-order valence-corrected chi connectivity index (χ2v) is 4.31. The van der Waals surface area contributed by atoms with Gasteiger partial charge in [-0.05, 0) is 0 Å². The Morgan fingerprint density at radius 3 is 1.38 bits per heavy atom. The molecule has 21 heavy (non-hydrogen) atoms. The molecular formula is C19H17FZr. The van der Waals surface area contributed by atoms with Gasteiger partial charge in [-0.15, -0.1) is 59.3 Å². The van der Waals surface area contributed by atoms with Crippen LogP contribution in [0.3, 0.4) is 0 Å². The summed E-state index contributed by atoms with van der Waals surface area (Å²) < 4.78 is 9.50. The van der Waals surface area contributed by atoms with Crippen molar-refractivity contribution in [2.75, 3.05) is 7.18 Å². The second-order valence-electron chi connectivity index (χ2n) is 4.31. The van der Waals surface area contributed by atoms with Gasteiger partial charge in [0.2, 0.25) is 0 Å². The Kier molecular flexibility index (Phi) is 7.86. The third kappa shape index (κ3) is 4.75. The average Bonchev–Trinajstić information content (AvgIpc) is 3.18. The minimum absolute atomic E-state index is 0. The van der Waals surface area contributed by atoms with Crippen molar-refractivity contribution in [2.45, 2.75) is 0 Å². The minimum Gasteiger partial charge on any atom is -0.255 e. The largest absolute Gasteiger partial charge is 2.00 e. The smallest absolute Gasteiger partial charge is 0.255 e. The predicted molar refractivity (Wildman–Crippen MR) is 86.1 cm³/mol. The van der Waals surface area contributed by atoms with Gasteiger partial charge in [0, 0.05) is 0 Å². The Labute approximate surface area is 144 Å². The number of hydrogen-bond acceptors (Lipinski definition) is 0. The van der Waals surface area contributed by atoms with Crippen molar-refractivity contribution >= 4 is 21.5 Å². The van der Waals surface area contributed by atoms with Crippen LogP contribution in [0.4, 0.5) is 4.39 Å². The third-order valence-electron chi connectivity index (χ3n) is 3.10. The van der Waals surface area contributed by atoms with Gasteiger partial charge in [0.15, 0.2) is 0 Å². The van der Waals surface area contributed by atoms with Crippen molar-refractivity contribution in [3.63, 3.8) is 0 Å². The van der Waals surface area contributed by atoms with Crippen LogP contribution in [0, 0.1) is 0 Å². The summed E-state index contributed by atoms with van der Waals surface area (Å²) in [5, 5.41) is 5.32. The molecule has 0 N–H and O–H groups in total. The van der Waals surface area contributed by atoms with E-state index in [0.29, 0.717) is 7.18 Å². The Balaban J connectivity index is 0.000000181. The predicted octanol–water partition coefficient (Wildman–Crippen LogP) is 5.70. The van der Waals surface area contributed by atoms with Crippen molar-refractivity contribution in [3.05, 3.63) is 84.9 Å². The molecule has 4 aromatic rings. The average molecular weight is 356 g/mol. The number of rotatable bonds is 0. The Morgan fingerprint density at radius 2 is 1.00 bits per heavy atom. The van der Waals surface area contributed by atoms with Gasteiger partial charge in [0.05, 0.1) is 7.18 Å². The standard InChI is InChI=1S/2C9H7.CH3F.Zr/c2*1-2-5-9-7-3-6-8(9)4-1;1-2;/h2*1-7H;1H3;/q2*-1;;+2. The molecule has 0 aliphatic rings. The SMILES string of the molecule is CF.[Zr+2].c1ccc2[cH-]ccc2c1.c1ccc2[cH-]ccc2c1. The topological polar surface area (TPSA) is 0 Å². The molecule has 0 radical (unpaired) electrons. The normalized spacial score (nSPS) is 9.05. The first-order valence-corrected chi connectivity index (χ1v) is 6.52. The van der Waals surface area contributed by atoms with Crippen LogP contribution in [0.25, 0.3) is 21.5 Å². The Hall–Kier alpha value is -1.53. The van der Waals surface area contributed by atoms with Crippen molar-refractivity contribution in [3.8, 4) is 0 Å². The molecule has 0 aliphatic heterocycles. The van der Waals surface area contributed by atoms with Crippen LogP contribution in [0.15, 0.2) is 84.9 Å². The van der Waals surface area contributed by atoms with Crippen molar-refractivity contribution in [2.24, 2.45) is 0 Å². The molecule has 104 valence electrons. The molecule has 0 aliphatic carbocycles. The molecule has 0 amide bonds. The van der Waals surface area contributed by atoms with E-state index in [1.165, 1.54) is 21.5 Å². The first-order valence-electron chi connectivity index (χ1n) is 6.52. The number of alkyl halides is 1. The summed E-state index contributed by atoms with van der Waals surface area (Å²) in [7, 11) is 0.500. The maximum absolute atomic E-state index is 9.50. The van der Waals surface area contributed by atoms with E-state index in [9.17, 15) is 4.39 Å². The van der Waals surface area contributed by atoms with E-state index < -0.39 is 0 Å². The summed E-state index contributed by atoms with van der Waals surface area (Å²) in [5.41, 5.74) is 0. The van der Waals surface area contributed by atoms with Crippen LogP contribution in [0.1, 0.15) is 0 Å². The van der Waals surface area contributed by atoms with Crippen LogP contribution < -0.4 is 0 Å². The van der Waals surface area contributed by atoms with Gasteiger partial charge in [-0.2, -0.15) is 35.0 Å². The monoisotopic (exact) mass is 354 g/mol. The van der Waals surface area contributed by atoms with Crippen molar-refractivity contribution in [1.29, 1.82) is 0 Å². The number of hydrogen-bond donors (Lipinski definition) is 0. The number of fused-ring (bicyclic) bond motifs is 2. The molecule has 4 aromatic carbocycles. The summed E-state index contributed by atoms with van der Waals surface area (Å²) in [4.78, 5) is 0. The van der Waals surface area contributed by atoms with Gasteiger partial charge in [0.1, 0.15) is 0 Å². The van der Waals surface area contributed by atoms with Gasteiger partial charge in [0.25, 0.3) is 0 Å². The zero-order chi connectivity index (χ0) is 14.2. The summed E-state index contributed by atoms with van der Waals surface area (Å²) in [6.45, 7) is 0. The molecule has 0 aromatic heterocycles. The zero-order valence-corrected chi connectivity index (χ0v) is 14.4. The number of halogens is 1. The van der Waals surface area contributed by atoms with E-state index in [4.69, 9.17) is 0 Å². The van der Waals surface area contributed by atoms with Crippen LogP contribution >= 0.6 is 0 Å². The minimum atomic E-state index is 0. The van der Waals surface area contributed by atoms with E-state index in [2.05, 4.69) is 84.9 Å². The molecule has 0 saturated heterocycles. The van der Waals surface area contributed by atoms with Gasteiger partial charge < -0.3 is 0 Å². The molecule has 0 nitrogen and oxygen atoms in total. The molecule has 0 spiro atoms. The van der Waals surface area contributed by atoms with E-state index in [1.807, 2.05) is 0 Å². The fraction of sp³-hybridized carbons (Fsp3) is 0.0526. The molecule has 0 unspecified atom stereocenters. The molecule has 0 fully saturated rings. The molecule has 0 atom stereocenters. The maximum Gasteiger partial charge on any atom is 2.00 e. The number of benzene rings is 2. The van der Waals surface area contributed by atoms with Gasteiger partial charge in [-0.25, -0.2) is 0 Å². The van der Waals surface area contributed by atoms with E-state index >= 15 is 0 Å². The summed E-state index contributed by atoms with van der Waals surface area (Å²) in [6.07, 6.45) is 0. The van der Waals surface area contributed by atoms with Gasteiger partial charge >= 0.3 is 26.2 Å². The Morgan fingerprint density at radius 1 is 0.619 bits per heavy atom. The molecular weight excluding hydrogens is 338 g/mol. The molecule has 0 heterocycles. The van der Waals surface area contributed by atoms with Crippen LogP contribution in [-0.4, -0.2) is 7.18 Å². The molecule has 0 saturated carbocycles. The third-order valence-corrected chi connectivity index (χ3v) is 3.10. The Bertz CT molecular complexity index is 626. The quantitative estimate of drug-likeness (QED) is 0.355. The first-order chi connectivity index (χ1) is 9.93. The van der Waals surface area contributed by atoms with Crippen LogP contribution in [0.5, 0.6) is 0 Å². The zero-order valence-electron chi connectivity index (χ0n) is 12.0. The van der Waals surface area contributed by atoms with Crippen LogP contribution in [0.2, 0.25) is 0 Å². The first kappa shape index (κ1) is 17.5. The van der Waals surface area contributed by atoms with E-state index in [-0.39, 0.29) is 26.2 Å².